The molecular formula is C19H26N2O4. The Morgan fingerprint density at radius 2 is 1.76 bits per heavy atom. The molecule has 1 aliphatic rings. The monoisotopic (exact) mass is 346 g/mol. The smallest absolute Gasteiger partial charge is 0.335 e. The summed E-state index contributed by atoms with van der Waals surface area (Å²) in [6.45, 7) is 7.10. The Morgan fingerprint density at radius 1 is 1.16 bits per heavy atom. The first-order valence-corrected chi connectivity index (χ1v) is 8.70. The summed E-state index contributed by atoms with van der Waals surface area (Å²) in [7, 11) is 0. The van der Waals surface area contributed by atoms with Gasteiger partial charge >= 0.3 is 5.97 Å². The van der Waals surface area contributed by atoms with E-state index in [1.165, 1.54) is 12.1 Å². The number of hydrogen-bond donors (Lipinski definition) is 2. The predicted molar refractivity (Wildman–Crippen MR) is 94.7 cm³/mol. The highest BCUT2D eigenvalue weighted by Crippen LogP contribution is 2.15. The summed E-state index contributed by atoms with van der Waals surface area (Å²) in [6, 6.07) is 4.62. The second kappa shape index (κ2) is 8.14. The third-order valence-corrected chi connectivity index (χ3v) is 4.35. The van der Waals surface area contributed by atoms with Gasteiger partial charge in [-0.05, 0) is 49.4 Å². The number of piperidine rings is 1. The van der Waals surface area contributed by atoms with Gasteiger partial charge in [-0.15, -0.1) is 0 Å². The standard InChI is InChI=1S/C19H26N2O4/c1-12(2)8-17(22)21-6-4-16(5-7-21)20-18(23)14-9-13(3)10-15(11-14)19(24)25/h9-12,16H,4-8H2,1-3H3,(H,20,23)(H,24,25). The summed E-state index contributed by atoms with van der Waals surface area (Å²) < 4.78 is 0. The van der Waals surface area contributed by atoms with Crippen LogP contribution in [0.4, 0.5) is 0 Å². The maximum atomic E-state index is 12.4. The average Bonchev–Trinajstić information content (AvgIpc) is 2.54. The van der Waals surface area contributed by atoms with Crippen LogP contribution in [0.25, 0.3) is 0 Å². The van der Waals surface area contributed by atoms with E-state index < -0.39 is 5.97 Å². The zero-order chi connectivity index (χ0) is 18.6. The van der Waals surface area contributed by atoms with Gasteiger partial charge in [-0.3, -0.25) is 9.59 Å². The molecule has 136 valence electrons. The summed E-state index contributed by atoms with van der Waals surface area (Å²) in [4.78, 5) is 37.5. The van der Waals surface area contributed by atoms with Crippen LogP contribution in [0, 0.1) is 12.8 Å². The Bertz CT molecular complexity index is 661. The summed E-state index contributed by atoms with van der Waals surface area (Å²) in [5.41, 5.74) is 1.20. The fourth-order valence-electron chi connectivity index (χ4n) is 3.06. The lowest BCUT2D eigenvalue weighted by molar-refractivity contribution is -0.133. The van der Waals surface area contributed by atoms with Gasteiger partial charge in [0.2, 0.25) is 5.91 Å². The van der Waals surface area contributed by atoms with Crippen molar-refractivity contribution in [3.05, 3.63) is 34.9 Å². The average molecular weight is 346 g/mol. The number of carbonyl (C=O) groups is 3. The number of likely N-dealkylation sites (tertiary alicyclic amines) is 1. The Hall–Kier alpha value is -2.37. The molecule has 0 bridgehead atoms. The number of aryl methyl sites for hydroxylation is 1. The molecule has 1 saturated heterocycles. The van der Waals surface area contributed by atoms with Crippen molar-refractivity contribution in [1.82, 2.24) is 10.2 Å². The van der Waals surface area contributed by atoms with Crippen molar-refractivity contribution in [1.29, 1.82) is 0 Å². The maximum Gasteiger partial charge on any atom is 0.335 e. The Balaban J connectivity index is 1.93. The first kappa shape index (κ1) is 19.0. The number of rotatable bonds is 5. The molecular weight excluding hydrogens is 320 g/mol. The minimum absolute atomic E-state index is 0.00407. The summed E-state index contributed by atoms with van der Waals surface area (Å²) >= 11 is 0. The number of carbonyl (C=O) groups excluding carboxylic acids is 2. The molecule has 1 aromatic rings. The van der Waals surface area contributed by atoms with E-state index >= 15 is 0 Å². The molecule has 6 nitrogen and oxygen atoms in total. The number of nitrogens with zero attached hydrogens (tertiary/aromatic N) is 1. The summed E-state index contributed by atoms with van der Waals surface area (Å²) in [5, 5.41) is 12.1. The van der Waals surface area contributed by atoms with E-state index in [1.54, 1.807) is 13.0 Å². The van der Waals surface area contributed by atoms with Gasteiger partial charge in [0, 0.05) is 31.1 Å². The van der Waals surface area contributed by atoms with Crippen LogP contribution in [0.5, 0.6) is 0 Å². The van der Waals surface area contributed by atoms with Gasteiger partial charge in [-0.2, -0.15) is 0 Å². The van der Waals surface area contributed by atoms with Crippen molar-refractivity contribution in [2.24, 2.45) is 5.92 Å². The van der Waals surface area contributed by atoms with E-state index in [2.05, 4.69) is 5.32 Å². The van der Waals surface area contributed by atoms with E-state index in [0.29, 0.717) is 43.8 Å². The normalized spacial score (nSPS) is 15.3. The molecule has 2 N–H and O–H groups in total. The van der Waals surface area contributed by atoms with Gasteiger partial charge < -0.3 is 15.3 Å². The van der Waals surface area contributed by atoms with Gasteiger partial charge in [0.25, 0.3) is 5.91 Å². The van der Waals surface area contributed by atoms with Gasteiger partial charge in [0.15, 0.2) is 0 Å². The lowest BCUT2D eigenvalue weighted by Crippen LogP contribution is -2.46. The summed E-state index contributed by atoms with van der Waals surface area (Å²) in [6.07, 6.45) is 1.98. The van der Waals surface area contributed by atoms with Crippen molar-refractivity contribution in [2.75, 3.05) is 13.1 Å². The molecule has 1 aromatic carbocycles. The third-order valence-electron chi connectivity index (χ3n) is 4.35. The second-order valence-corrected chi connectivity index (χ2v) is 7.12. The molecule has 0 aromatic heterocycles. The van der Waals surface area contributed by atoms with Crippen molar-refractivity contribution in [2.45, 2.75) is 46.1 Å². The molecule has 25 heavy (non-hydrogen) atoms. The van der Waals surface area contributed by atoms with Crippen LogP contribution in [0.15, 0.2) is 18.2 Å². The van der Waals surface area contributed by atoms with Gasteiger partial charge in [0.05, 0.1) is 5.56 Å². The Kier molecular flexibility index (Phi) is 6.17. The molecule has 0 saturated carbocycles. The van der Waals surface area contributed by atoms with Crippen LogP contribution >= 0.6 is 0 Å². The Morgan fingerprint density at radius 3 is 2.32 bits per heavy atom. The maximum absolute atomic E-state index is 12.4. The number of carboxylic acid groups (broad SMARTS) is 1. The predicted octanol–water partition coefficient (Wildman–Crippen LogP) is 2.46. The quantitative estimate of drug-likeness (QED) is 0.857. The molecule has 0 radical (unpaired) electrons. The lowest BCUT2D eigenvalue weighted by Gasteiger charge is -2.33. The first-order chi connectivity index (χ1) is 11.8. The minimum atomic E-state index is -1.05. The summed E-state index contributed by atoms with van der Waals surface area (Å²) in [5.74, 6) is -0.799. The molecule has 1 fully saturated rings. The van der Waals surface area contributed by atoms with Gasteiger partial charge in [0.1, 0.15) is 0 Å². The number of nitrogens with one attached hydrogen (secondary N) is 1. The fourth-order valence-corrected chi connectivity index (χ4v) is 3.06. The van der Waals surface area contributed by atoms with Crippen LogP contribution in [-0.2, 0) is 4.79 Å². The van der Waals surface area contributed by atoms with Crippen molar-refractivity contribution in [3.8, 4) is 0 Å². The second-order valence-electron chi connectivity index (χ2n) is 7.12. The van der Waals surface area contributed by atoms with E-state index in [9.17, 15) is 14.4 Å². The zero-order valence-electron chi connectivity index (χ0n) is 15.0. The minimum Gasteiger partial charge on any atom is -0.478 e. The number of benzene rings is 1. The zero-order valence-corrected chi connectivity index (χ0v) is 15.0. The van der Waals surface area contributed by atoms with Crippen LogP contribution in [0.3, 0.4) is 0 Å². The molecule has 0 unspecified atom stereocenters. The van der Waals surface area contributed by atoms with E-state index in [0.717, 1.165) is 5.56 Å². The largest absolute Gasteiger partial charge is 0.478 e. The molecule has 2 rings (SSSR count). The molecule has 2 amide bonds. The number of hydrogen-bond acceptors (Lipinski definition) is 3. The SMILES string of the molecule is Cc1cc(C(=O)O)cc(C(=O)NC2CCN(C(=O)CC(C)C)CC2)c1. The molecule has 1 heterocycles. The Labute approximate surface area is 148 Å². The van der Waals surface area contributed by atoms with Gasteiger partial charge in [-0.1, -0.05) is 13.8 Å². The van der Waals surface area contributed by atoms with E-state index in [1.807, 2.05) is 18.7 Å². The van der Waals surface area contributed by atoms with Gasteiger partial charge in [-0.25, -0.2) is 4.79 Å². The first-order valence-electron chi connectivity index (χ1n) is 8.70. The number of carboxylic acids is 1. The van der Waals surface area contributed by atoms with Crippen molar-refractivity contribution in [3.63, 3.8) is 0 Å². The van der Waals surface area contributed by atoms with Crippen molar-refractivity contribution < 1.29 is 19.5 Å². The van der Waals surface area contributed by atoms with Crippen molar-refractivity contribution >= 4 is 17.8 Å². The molecule has 0 spiro atoms. The van der Waals surface area contributed by atoms with Crippen LogP contribution in [0.2, 0.25) is 0 Å². The van der Waals surface area contributed by atoms with Crippen LogP contribution < -0.4 is 5.32 Å². The highest BCUT2D eigenvalue weighted by molar-refractivity contribution is 5.98. The van der Waals surface area contributed by atoms with Crippen LogP contribution in [-0.4, -0.2) is 46.9 Å². The molecule has 6 heteroatoms. The highest BCUT2D eigenvalue weighted by Gasteiger charge is 2.24. The van der Waals surface area contributed by atoms with Crippen LogP contribution in [0.1, 0.15) is 59.4 Å². The molecule has 0 aliphatic carbocycles. The lowest BCUT2D eigenvalue weighted by atomic mass is 10.0. The number of aromatic carboxylic acids is 1. The third kappa shape index (κ3) is 5.31. The molecule has 0 atom stereocenters. The topological polar surface area (TPSA) is 86.7 Å². The van der Waals surface area contributed by atoms with E-state index in [-0.39, 0.29) is 23.4 Å². The highest BCUT2D eigenvalue weighted by atomic mass is 16.4. The molecule has 1 aliphatic heterocycles. The van der Waals surface area contributed by atoms with E-state index in [4.69, 9.17) is 5.11 Å². The fraction of sp³-hybridized carbons (Fsp3) is 0.526. The number of amides is 2.